The molecule has 1 heterocycles. The number of rotatable bonds is 7. The largest absolute Gasteiger partial charge is 0.468 e. The molecule has 2 rings (SSSR count). The molecule has 0 radical (unpaired) electrons. The highest BCUT2D eigenvalue weighted by Gasteiger charge is 2.35. The van der Waals surface area contributed by atoms with E-state index in [0.717, 1.165) is 17.0 Å². The molecule has 1 aliphatic rings. The number of nitrogens with zero attached hydrogens (tertiary/aromatic N) is 2. The molecular formula is C18H23FN2O7S. The smallest absolute Gasteiger partial charge is 0.325 e. The van der Waals surface area contributed by atoms with Gasteiger partial charge in [-0.25, -0.2) is 12.8 Å². The van der Waals surface area contributed by atoms with E-state index >= 15 is 0 Å². The highest BCUT2D eigenvalue weighted by Crippen LogP contribution is 2.25. The van der Waals surface area contributed by atoms with Crippen LogP contribution < -0.4 is 0 Å². The van der Waals surface area contributed by atoms with Gasteiger partial charge in [0.1, 0.15) is 18.9 Å². The van der Waals surface area contributed by atoms with Crippen LogP contribution in [0.15, 0.2) is 29.2 Å². The van der Waals surface area contributed by atoms with Crippen molar-refractivity contribution < 1.29 is 36.7 Å². The Morgan fingerprint density at radius 3 is 1.97 bits per heavy atom. The second-order valence-corrected chi connectivity index (χ2v) is 8.42. The van der Waals surface area contributed by atoms with Gasteiger partial charge in [0.05, 0.1) is 19.1 Å². The van der Waals surface area contributed by atoms with Crippen LogP contribution in [0.4, 0.5) is 4.39 Å². The van der Waals surface area contributed by atoms with E-state index in [1.165, 1.54) is 30.7 Å². The highest BCUT2D eigenvalue weighted by molar-refractivity contribution is 7.89. The Hall–Kier alpha value is -2.53. The first kappa shape index (κ1) is 22.8. The van der Waals surface area contributed by atoms with Crippen LogP contribution in [0.3, 0.4) is 0 Å². The Kier molecular flexibility index (Phi) is 7.68. The lowest BCUT2D eigenvalue weighted by atomic mass is 9.96. The Balaban J connectivity index is 2.05. The maximum Gasteiger partial charge on any atom is 0.325 e. The number of sulfonamides is 1. The molecule has 1 aromatic carbocycles. The summed E-state index contributed by atoms with van der Waals surface area (Å²) in [5.74, 6) is -2.90. The molecule has 0 aromatic heterocycles. The van der Waals surface area contributed by atoms with Crippen molar-refractivity contribution in [2.45, 2.75) is 17.7 Å². The standard InChI is InChI=1S/C18H23FN2O7S/c1-27-16(22)11-20(12-17(23)28-2)18(24)13-7-9-21(10-8-13)29(25,26)15-5-3-14(19)4-6-15/h3-6,13H,7-12H2,1-2H3. The molecule has 1 aromatic rings. The first-order valence-electron chi connectivity index (χ1n) is 8.87. The SMILES string of the molecule is COC(=O)CN(CC(=O)OC)C(=O)C1CCN(S(=O)(=O)c2ccc(F)cc2)CC1. The molecule has 11 heteroatoms. The Morgan fingerprint density at radius 2 is 1.52 bits per heavy atom. The molecule has 0 N–H and O–H groups in total. The van der Waals surface area contributed by atoms with E-state index in [-0.39, 0.29) is 30.8 Å². The van der Waals surface area contributed by atoms with Crippen LogP contribution in [0.2, 0.25) is 0 Å². The summed E-state index contributed by atoms with van der Waals surface area (Å²) in [5, 5.41) is 0. The van der Waals surface area contributed by atoms with Crippen LogP contribution in [0.1, 0.15) is 12.8 Å². The molecule has 0 aliphatic carbocycles. The Bertz CT molecular complexity index is 831. The van der Waals surface area contributed by atoms with E-state index in [1.54, 1.807) is 0 Å². The molecule has 9 nitrogen and oxygen atoms in total. The number of carbonyl (C=O) groups excluding carboxylic acids is 3. The van der Waals surface area contributed by atoms with Crippen LogP contribution in [0.5, 0.6) is 0 Å². The molecule has 1 amide bonds. The molecule has 0 saturated carbocycles. The molecule has 160 valence electrons. The number of benzene rings is 1. The highest BCUT2D eigenvalue weighted by atomic mass is 32.2. The zero-order valence-corrected chi connectivity index (χ0v) is 17.0. The second-order valence-electron chi connectivity index (χ2n) is 6.48. The van der Waals surface area contributed by atoms with E-state index in [2.05, 4.69) is 9.47 Å². The van der Waals surface area contributed by atoms with Gasteiger partial charge >= 0.3 is 11.9 Å². The molecule has 29 heavy (non-hydrogen) atoms. The van der Waals surface area contributed by atoms with Gasteiger partial charge in [-0.05, 0) is 37.1 Å². The van der Waals surface area contributed by atoms with Gasteiger partial charge in [0.25, 0.3) is 0 Å². The zero-order chi connectivity index (χ0) is 21.6. The van der Waals surface area contributed by atoms with Gasteiger partial charge < -0.3 is 14.4 Å². The first-order chi connectivity index (χ1) is 13.7. The summed E-state index contributed by atoms with van der Waals surface area (Å²) in [6, 6.07) is 4.52. The number of hydrogen-bond donors (Lipinski definition) is 0. The van der Waals surface area contributed by atoms with Crippen molar-refractivity contribution in [3.05, 3.63) is 30.1 Å². The molecule has 0 spiro atoms. The fourth-order valence-corrected chi connectivity index (χ4v) is 4.48. The first-order valence-corrected chi connectivity index (χ1v) is 10.3. The Labute approximate surface area is 168 Å². The maximum absolute atomic E-state index is 13.0. The molecular weight excluding hydrogens is 407 g/mol. The van der Waals surface area contributed by atoms with Crippen molar-refractivity contribution >= 4 is 27.9 Å². The minimum atomic E-state index is -3.80. The molecule has 1 aliphatic heterocycles. The van der Waals surface area contributed by atoms with E-state index in [4.69, 9.17) is 0 Å². The predicted octanol–water partition coefficient (Wildman–Crippen LogP) is 0.401. The lowest BCUT2D eigenvalue weighted by Crippen LogP contribution is -2.47. The van der Waals surface area contributed by atoms with Crippen LogP contribution in [0.25, 0.3) is 0 Å². The topological polar surface area (TPSA) is 110 Å². The van der Waals surface area contributed by atoms with Gasteiger partial charge in [-0.3, -0.25) is 14.4 Å². The van der Waals surface area contributed by atoms with Gasteiger partial charge in [-0.15, -0.1) is 0 Å². The minimum Gasteiger partial charge on any atom is -0.468 e. The average Bonchev–Trinajstić information content (AvgIpc) is 2.72. The molecule has 1 saturated heterocycles. The van der Waals surface area contributed by atoms with Crippen molar-refractivity contribution in [1.82, 2.24) is 9.21 Å². The minimum absolute atomic E-state index is 0.0262. The van der Waals surface area contributed by atoms with Crippen molar-refractivity contribution in [3.8, 4) is 0 Å². The summed E-state index contributed by atoms with van der Waals surface area (Å²) in [6.07, 6.45) is 0.441. The molecule has 0 unspecified atom stereocenters. The number of carbonyl (C=O) groups is 3. The average molecular weight is 430 g/mol. The monoisotopic (exact) mass is 430 g/mol. The third-order valence-electron chi connectivity index (χ3n) is 4.66. The number of halogens is 1. The quantitative estimate of drug-likeness (QED) is 0.576. The fourth-order valence-electron chi connectivity index (χ4n) is 3.01. The lowest BCUT2D eigenvalue weighted by Gasteiger charge is -2.33. The summed E-state index contributed by atoms with van der Waals surface area (Å²) in [4.78, 5) is 36.9. The van der Waals surface area contributed by atoms with Crippen molar-refractivity contribution in [3.63, 3.8) is 0 Å². The third kappa shape index (κ3) is 5.73. The third-order valence-corrected chi connectivity index (χ3v) is 6.57. The Morgan fingerprint density at radius 1 is 1.03 bits per heavy atom. The fraction of sp³-hybridized carbons (Fsp3) is 0.500. The molecule has 1 fully saturated rings. The van der Waals surface area contributed by atoms with E-state index in [0.29, 0.717) is 0 Å². The van der Waals surface area contributed by atoms with Crippen molar-refractivity contribution in [2.75, 3.05) is 40.4 Å². The van der Waals surface area contributed by atoms with Gasteiger partial charge in [-0.1, -0.05) is 0 Å². The normalized spacial score (nSPS) is 15.6. The second kappa shape index (κ2) is 9.79. The lowest BCUT2D eigenvalue weighted by molar-refractivity contribution is -0.154. The number of piperidine rings is 1. The summed E-state index contributed by atoms with van der Waals surface area (Å²) in [6.45, 7) is -0.641. The van der Waals surface area contributed by atoms with Crippen LogP contribution >= 0.6 is 0 Å². The van der Waals surface area contributed by atoms with E-state index in [1.807, 2.05) is 0 Å². The number of amides is 1. The van der Waals surface area contributed by atoms with Crippen LogP contribution in [-0.4, -0.2) is 75.9 Å². The molecule has 0 bridgehead atoms. The maximum atomic E-state index is 13.0. The van der Waals surface area contributed by atoms with Gasteiger partial charge in [0, 0.05) is 19.0 Å². The van der Waals surface area contributed by atoms with Crippen LogP contribution in [0, 0.1) is 11.7 Å². The summed E-state index contributed by atoms with van der Waals surface area (Å²) >= 11 is 0. The van der Waals surface area contributed by atoms with E-state index in [9.17, 15) is 27.2 Å². The number of esters is 2. The van der Waals surface area contributed by atoms with Gasteiger partial charge in [-0.2, -0.15) is 4.31 Å². The zero-order valence-electron chi connectivity index (χ0n) is 16.2. The van der Waals surface area contributed by atoms with Crippen LogP contribution in [-0.2, 0) is 33.9 Å². The van der Waals surface area contributed by atoms with Gasteiger partial charge in [0.2, 0.25) is 15.9 Å². The van der Waals surface area contributed by atoms with Crippen molar-refractivity contribution in [1.29, 1.82) is 0 Å². The number of hydrogen-bond acceptors (Lipinski definition) is 7. The van der Waals surface area contributed by atoms with Crippen molar-refractivity contribution in [2.24, 2.45) is 5.92 Å². The van der Waals surface area contributed by atoms with Gasteiger partial charge in [0.15, 0.2) is 0 Å². The number of ether oxygens (including phenoxy) is 2. The summed E-state index contributed by atoms with van der Waals surface area (Å²) in [7, 11) is -1.46. The predicted molar refractivity (Wildman–Crippen MR) is 98.5 cm³/mol. The summed E-state index contributed by atoms with van der Waals surface area (Å²) in [5.41, 5.74) is 0. The molecule has 0 atom stereocenters. The number of methoxy groups -OCH3 is 2. The van der Waals surface area contributed by atoms with E-state index < -0.39 is 52.7 Å². The summed E-state index contributed by atoms with van der Waals surface area (Å²) < 4.78 is 48.7.